The lowest BCUT2D eigenvalue weighted by molar-refractivity contribution is -0.384. The molecule has 0 bridgehead atoms. The molecule has 0 saturated heterocycles. The van der Waals surface area contributed by atoms with E-state index in [1.165, 1.54) is 25.1 Å². The van der Waals surface area contributed by atoms with Gasteiger partial charge in [-0.1, -0.05) is 6.07 Å². The summed E-state index contributed by atoms with van der Waals surface area (Å²) in [4.78, 5) is 43.3. The maximum absolute atomic E-state index is 11.7. The molecule has 0 aromatic heterocycles. The van der Waals surface area contributed by atoms with E-state index < -0.39 is 28.9 Å². The van der Waals surface area contributed by atoms with Gasteiger partial charge in [0.2, 0.25) is 0 Å². The molecule has 1 aromatic carbocycles. The van der Waals surface area contributed by atoms with Gasteiger partial charge < -0.3 is 10.5 Å². The number of ether oxygens (including phenoxy) is 1. The number of nitro benzene ring substituents is 1. The molecule has 9 nitrogen and oxygen atoms in total. The van der Waals surface area contributed by atoms with Gasteiger partial charge in [0.1, 0.15) is 0 Å². The molecule has 0 unspecified atom stereocenters. The second-order valence-corrected chi connectivity index (χ2v) is 3.71. The number of hydrogen-bond donors (Lipinski definition) is 2. The minimum atomic E-state index is -1.27. The Morgan fingerprint density at radius 1 is 1.40 bits per heavy atom. The number of carbonyl (C=O) groups is 3. The Kier molecular flexibility index (Phi) is 4.73. The highest BCUT2D eigenvalue weighted by atomic mass is 16.6. The highest BCUT2D eigenvalue weighted by Crippen LogP contribution is 2.14. The number of nitrogens with one attached hydrogen (secondary N) is 1. The molecule has 1 atom stereocenters. The number of hydrogen-bond acceptors (Lipinski definition) is 6. The van der Waals surface area contributed by atoms with Gasteiger partial charge in [-0.05, 0) is 13.0 Å². The zero-order valence-electron chi connectivity index (χ0n) is 10.4. The lowest BCUT2D eigenvalue weighted by Gasteiger charge is -2.11. The van der Waals surface area contributed by atoms with Crippen LogP contribution in [0.25, 0.3) is 0 Å². The number of esters is 1. The van der Waals surface area contributed by atoms with E-state index in [0.29, 0.717) is 0 Å². The third kappa shape index (κ3) is 4.05. The van der Waals surface area contributed by atoms with Gasteiger partial charge in [0.05, 0.1) is 10.5 Å². The number of benzene rings is 1. The zero-order valence-corrected chi connectivity index (χ0v) is 10.4. The number of nitrogens with zero attached hydrogens (tertiary/aromatic N) is 1. The molecule has 1 aromatic rings. The zero-order chi connectivity index (χ0) is 15.3. The van der Waals surface area contributed by atoms with E-state index in [2.05, 4.69) is 0 Å². The molecular formula is C11H11N3O6. The van der Waals surface area contributed by atoms with Crippen LogP contribution >= 0.6 is 0 Å². The van der Waals surface area contributed by atoms with Gasteiger partial charge in [-0.2, -0.15) is 0 Å². The van der Waals surface area contributed by atoms with Crippen LogP contribution in [0.5, 0.6) is 0 Å². The Labute approximate surface area is 112 Å². The lowest BCUT2D eigenvalue weighted by Crippen LogP contribution is -2.42. The summed E-state index contributed by atoms with van der Waals surface area (Å²) in [5, 5.41) is 12.3. The first-order valence-electron chi connectivity index (χ1n) is 5.37. The molecule has 3 N–H and O–H groups in total. The van der Waals surface area contributed by atoms with Gasteiger partial charge in [0.15, 0.2) is 6.10 Å². The van der Waals surface area contributed by atoms with Crippen LogP contribution in [-0.2, 0) is 9.53 Å². The second-order valence-electron chi connectivity index (χ2n) is 3.71. The Bertz CT molecular complexity index is 571. The van der Waals surface area contributed by atoms with E-state index in [4.69, 9.17) is 10.5 Å². The SMILES string of the molecule is C[C@@H](OC(=O)c1cccc([N+](=O)[O-])c1)C(=O)NC(N)=O. The monoisotopic (exact) mass is 281 g/mol. The maximum Gasteiger partial charge on any atom is 0.339 e. The van der Waals surface area contributed by atoms with Crippen LogP contribution in [0.4, 0.5) is 10.5 Å². The molecule has 0 saturated carbocycles. The van der Waals surface area contributed by atoms with Crippen molar-refractivity contribution in [3.8, 4) is 0 Å². The predicted molar refractivity (Wildman–Crippen MR) is 65.7 cm³/mol. The van der Waals surface area contributed by atoms with E-state index in [1.807, 2.05) is 0 Å². The first-order valence-corrected chi connectivity index (χ1v) is 5.37. The first-order chi connectivity index (χ1) is 9.31. The number of rotatable bonds is 4. The highest BCUT2D eigenvalue weighted by Gasteiger charge is 2.21. The van der Waals surface area contributed by atoms with Crippen molar-refractivity contribution in [1.29, 1.82) is 0 Å². The largest absolute Gasteiger partial charge is 0.449 e. The fourth-order valence-electron chi connectivity index (χ4n) is 1.25. The number of imide groups is 1. The van der Waals surface area contributed by atoms with Crippen molar-refractivity contribution in [3.05, 3.63) is 39.9 Å². The summed E-state index contributed by atoms with van der Waals surface area (Å²) in [5.74, 6) is -1.82. The Hall–Kier alpha value is -2.97. The van der Waals surface area contributed by atoms with E-state index in [-0.39, 0.29) is 11.3 Å². The second kappa shape index (κ2) is 6.27. The van der Waals surface area contributed by atoms with Gasteiger partial charge in [-0.15, -0.1) is 0 Å². The van der Waals surface area contributed by atoms with Crippen molar-refractivity contribution in [2.45, 2.75) is 13.0 Å². The normalized spacial score (nSPS) is 11.2. The number of carbonyl (C=O) groups excluding carboxylic acids is 3. The average molecular weight is 281 g/mol. The summed E-state index contributed by atoms with van der Waals surface area (Å²) in [5.41, 5.74) is 4.37. The Morgan fingerprint density at radius 3 is 2.60 bits per heavy atom. The van der Waals surface area contributed by atoms with Crippen molar-refractivity contribution in [1.82, 2.24) is 5.32 Å². The minimum absolute atomic E-state index is 0.0853. The van der Waals surface area contributed by atoms with Crippen molar-refractivity contribution in [3.63, 3.8) is 0 Å². The molecule has 0 radical (unpaired) electrons. The fourth-order valence-corrected chi connectivity index (χ4v) is 1.25. The molecule has 9 heteroatoms. The van der Waals surface area contributed by atoms with Crippen LogP contribution in [-0.4, -0.2) is 28.9 Å². The number of amides is 3. The van der Waals surface area contributed by atoms with Crippen molar-refractivity contribution in [2.75, 3.05) is 0 Å². The van der Waals surface area contributed by atoms with Crippen LogP contribution in [0.15, 0.2) is 24.3 Å². The van der Waals surface area contributed by atoms with Gasteiger partial charge in [0, 0.05) is 12.1 Å². The third-order valence-electron chi connectivity index (χ3n) is 2.19. The molecule has 106 valence electrons. The number of primary amides is 1. The molecule has 0 heterocycles. The Morgan fingerprint density at radius 2 is 2.05 bits per heavy atom. The highest BCUT2D eigenvalue weighted by molar-refractivity contribution is 5.98. The molecule has 0 fully saturated rings. The van der Waals surface area contributed by atoms with Crippen LogP contribution in [0.3, 0.4) is 0 Å². The molecule has 0 aliphatic carbocycles. The molecule has 20 heavy (non-hydrogen) atoms. The number of nitrogens with two attached hydrogens (primary N) is 1. The summed E-state index contributed by atoms with van der Waals surface area (Å²) >= 11 is 0. The van der Waals surface area contributed by atoms with Gasteiger partial charge >= 0.3 is 12.0 Å². The Balaban J connectivity index is 2.76. The summed E-state index contributed by atoms with van der Waals surface area (Å²) in [6.07, 6.45) is -1.27. The van der Waals surface area contributed by atoms with E-state index in [1.54, 1.807) is 5.32 Å². The molecule has 1 rings (SSSR count). The summed E-state index contributed by atoms with van der Waals surface area (Å²) in [6.45, 7) is 1.23. The minimum Gasteiger partial charge on any atom is -0.449 e. The predicted octanol–water partition coefficient (Wildman–Crippen LogP) is 0.335. The van der Waals surface area contributed by atoms with Crippen LogP contribution in [0.2, 0.25) is 0 Å². The summed E-state index contributed by atoms with van der Waals surface area (Å²) < 4.78 is 4.75. The first kappa shape index (κ1) is 15.1. The van der Waals surface area contributed by atoms with Crippen LogP contribution in [0, 0.1) is 10.1 Å². The molecular weight excluding hydrogens is 270 g/mol. The van der Waals surface area contributed by atoms with Crippen molar-refractivity contribution in [2.24, 2.45) is 5.73 Å². The molecule has 0 aliphatic heterocycles. The lowest BCUT2D eigenvalue weighted by atomic mass is 10.2. The molecule has 0 aliphatic rings. The van der Waals surface area contributed by atoms with E-state index in [9.17, 15) is 24.5 Å². The molecule has 3 amide bonds. The number of nitro groups is 1. The van der Waals surface area contributed by atoms with Crippen LogP contribution in [0.1, 0.15) is 17.3 Å². The number of urea groups is 1. The van der Waals surface area contributed by atoms with Gasteiger partial charge in [-0.3, -0.25) is 20.2 Å². The fraction of sp³-hybridized carbons (Fsp3) is 0.182. The summed E-state index contributed by atoms with van der Waals surface area (Å²) in [6, 6.07) is 3.76. The number of non-ortho nitro benzene ring substituents is 1. The van der Waals surface area contributed by atoms with Crippen molar-refractivity contribution < 1.29 is 24.0 Å². The summed E-state index contributed by atoms with van der Waals surface area (Å²) in [7, 11) is 0. The van der Waals surface area contributed by atoms with Crippen LogP contribution < -0.4 is 11.1 Å². The quantitative estimate of drug-likeness (QED) is 0.462. The van der Waals surface area contributed by atoms with Gasteiger partial charge in [-0.25, -0.2) is 9.59 Å². The van der Waals surface area contributed by atoms with E-state index in [0.717, 1.165) is 6.07 Å². The van der Waals surface area contributed by atoms with E-state index >= 15 is 0 Å². The van der Waals surface area contributed by atoms with Gasteiger partial charge in [0.25, 0.3) is 11.6 Å². The average Bonchev–Trinajstić information content (AvgIpc) is 2.37. The third-order valence-corrected chi connectivity index (χ3v) is 2.19. The van der Waals surface area contributed by atoms with Crippen molar-refractivity contribution >= 4 is 23.6 Å². The standard InChI is InChI=1S/C11H11N3O6/c1-6(9(15)13-11(12)17)20-10(16)7-3-2-4-8(5-7)14(18)19/h2-6H,1H3,(H3,12,13,15,17)/t6-/m1/s1. The smallest absolute Gasteiger partial charge is 0.339 e. The maximum atomic E-state index is 11.7. The molecule has 0 spiro atoms. The topological polar surface area (TPSA) is 142 Å².